The number of rotatable bonds is 8. The zero-order chi connectivity index (χ0) is 13.3. The van der Waals surface area contributed by atoms with Crippen LogP contribution in [-0.4, -0.2) is 30.6 Å². The average Bonchev–Trinajstić information content (AvgIpc) is 2.21. The van der Waals surface area contributed by atoms with Crippen molar-refractivity contribution in [1.29, 1.82) is 0 Å². The van der Waals surface area contributed by atoms with Crippen molar-refractivity contribution in [3.63, 3.8) is 0 Å². The number of hydrogen-bond acceptors (Lipinski definition) is 4. The second kappa shape index (κ2) is 8.06. The highest BCUT2D eigenvalue weighted by molar-refractivity contribution is 5.76. The number of hydrogen-bond donors (Lipinski definition) is 2. The Morgan fingerprint density at radius 1 is 1.29 bits per heavy atom. The quantitative estimate of drug-likeness (QED) is 0.492. The third-order valence-corrected chi connectivity index (χ3v) is 2.18. The van der Waals surface area contributed by atoms with E-state index in [9.17, 15) is 9.59 Å². The molecule has 0 aromatic rings. The van der Waals surface area contributed by atoms with Gasteiger partial charge in [-0.1, -0.05) is 0 Å². The number of ether oxygens (including phenoxy) is 1. The maximum atomic E-state index is 11.4. The molecule has 100 valence electrons. The van der Waals surface area contributed by atoms with Crippen LogP contribution in [0.5, 0.6) is 0 Å². The van der Waals surface area contributed by atoms with Crippen molar-refractivity contribution in [1.82, 2.24) is 5.32 Å². The Kier molecular flexibility index (Phi) is 7.54. The summed E-state index contributed by atoms with van der Waals surface area (Å²) in [7, 11) is 0. The fourth-order valence-electron chi connectivity index (χ4n) is 1.22. The molecule has 0 atom stereocenters. The zero-order valence-corrected chi connectivity index (χ0v) is 11.0. The van der Waals surface area contributed by atoms with Crippen molar-refractivity contribution >= 4 is 11.9 Å². The number of carbonyl (C=O) groups excluding carboxylic acids is 2. The number of carbonyl (C=O) groups is 2. The highest BCUT2D eigenvalue weighted by atomic mass is 16.5. The topological polar surface area (TPSA) is 81.4 Å². The first kappa shape index (κ1) is 15.9. The maximum Gasteiger partial charge on any atom is 0.305 e. The molecule has 0 aliphatic rings. The van der Waals surface area contributed by atoms with Gasteiger partial charge in [-0.15, -0.1) is 0 Å². The summed E-state index contributed by atoms with van der Waals surface area (Å²) in [5.74, 6) is -0.239. The molecule has 0 heterocycles. The van der Waals surface area contributed by atoms with Gasteiger partial charge in [0.1, 0.15) is 0 Å². The van der Waals surface area contributed by atoms with Gasteiger partial charge in [0.15, 0.2) is 0 Å². The lowest BCUT2D eigenvalue weighted by Crippen LogP contribution is -2.34. The summed E-state index contributed by atoms with van der Waals surface area (Å²) >= 11 is 0. The summed E-state index contributed by atoms with van der Waals surface area (Å²) in [5, 5.41) is 2.75. The van der Waals surface area contributed by atoms with Crippen LogP contribution in [0.15, 0.2) is 0 Å². The van der Waals surface area contributed by atoms with Gasteiger partial charge >= 0.3 is 5.97 Å². The maximum absolute atomic E-state index is 11.4. The van der Waals surface area contributed by atoms with Crippen molar-refractivity contribution < 1.29 is 14.3 Å². The third-order valence-electron chi connectivity index (χ3n) is 2.18. The molecule has 5 nitrogen and oxygen atoms in total. The Bertz CT molecular complexity index is 247. The summed E-state index contributed by atoms with van der Waals surface area (Å²) in [6, 6.07) is 0. The molecule has 0 bridgehead atoms. The monoisotopic (exact) mass is 244 g/mol. The number of nitrogens with two attached hydrogens (primary N) is 1. The minimum atomic E-state index is -0.317. The van der Waals surface area contributed by atoms with Crippen LogP contribution in [0.1, 0.15) is 46.5 Å². The van der Waals surface area contributed by atoms with E-state index in [2.05, 4.69) is 5.32 Å². The Labute approximate surface area is 103 Å². The number of amides is 1. The van der Waals surface area contributed by atoms with Crippen molar-refractivity contribution in [2.75, 3.05) is 13.2 Å². The van der Waals surface area contributed by atoms with E-state index >= 15 is 0 Å². The Morgan fingerprint density at radius 2 is 1.94 bits per heavy atom. The molecule has 17 heavy (non-hydrogen) atoms. The highest BCUT2D eigenvalue weighted by Crippen LogP contribution is 2.06. The molecule has 0 aliphatic heterocycles. The molecule has 0 unspecified atom stereocenters. The van der Waals surface area contributed by atoms with Gasteiger partial charge in [-0.2, -0.15) is 0 Å². The van der Waals surface area contributed by atoms with Crippen LogP contribution in [-0.2, 0) is 14.3 Å². The molecule has 0 aromatic heterocycles. The van der Waals surface area contributed by atoms with Crippen molar-refractivity contribution in [3.05, 3.63) is 0 Å². The van der Waals surface area contributed by atoms with E-state index in [1.165, 1.54) is 0 Å². The molecule has 0 saturated carbocycles. The van der Waals surface area contributed by atoms with Gasteiger partial charge in [-0.3, -0.25) is 9.59 Å². The summed E-state index contributed by atoms with van der Waals surface area (Å²) in [5.41, 5.74) is 5.45. The Balaban J connectivity index is 3.49. The lowest BCUT2D eigenvalue weighted by Gasteiger charge is -2.17. The van der Waals surface area contributed by atoms with Gasteiger partial charge in [0.2, 0.25) is 5.91 Å². The summed E-state index contributed by atoms with van der Waals surface area (Å²) < 4.78 is 4.77. The van der Waals surface area contributed by atoms with Gasteiger partial charge in [-0.25, -0.2) is 0 Å². The highest BCUT2D eigenvalue weighted by Gasteiger charge is 2.12. The van der Waals surface area contributed by atoms with E-state index in [0.29, 0.717) is 38.8 Å². The largest absolute Gasteiger partial charge is 0.466 e. The van der Waals surface area contributed by atoms with Crippen LogP contribution in [0, 0.1) is 0 Å². The van der Waals surface area contributed by atoms with Crippen LogP contribution >= 0.6 is 0 Å². The molecule has 0 saturated heterocycles. The van der Waals surface area contributed by atoms with Crippen LogP contribution in [0.2, 0.25) is 0 Å². The molecule has 5 heteroatoms. The lowest BCUT2D eigenvalue weighted by molar-refractivity contribution is -0.143. The van der Waals surface area contributed by atoms with Gasteiger partial charge in [-0.05, 0) is 33.6 Å². The second-order valence-electron chi connectivity index (χ2n) is 4.75. The van der Waals surface area contributed by atoms with E-state index in [0.717, 1.165) is 0 Å². The van der Waals surface area contributed by atoms with Crippen LogP contribution in [0.25, 0.3) is 0 Å². The molecule has 0 aliphatic carbocycles. The van der Waals surface area contributed by atoms with E-state index in [-0.39, 0.29) is 17.4 Å². The van der Waals surface area contributed by atoms with Crippen LogP contribution in [0.3, 0.4) is 0 Å². The Hall–Kier alpha value is -1.10. The van der Waals surface area contributed by atoms with Gasteiger partial charge in [0, 0.05) is 24.9 Å². The minimum Gasteiger partial charge on any atom is -0.466 e. The predicted octanol–water partition coefficient (Wildman–Crippen LogP) is 0.963. The molecule has 1 amide bonds. The van der Waals surface area contributed by atoms with E-state index in [1.807, 2.05) is 13.8 Å². The van der Waals surface area contributed by atoms with Crippen LogP contribution in [0.4, 0.5) is 0 Å². The molecule has 0 spiro atoms. The first-order chi connectivity index (χ1) is 7.85. The average molecular weight is 244 g/mol. The minimum absolute atomic E-state index is 0.0209. The number of nitrogens with one attached hydrogen (secondary N) is 1. The summed E-state index contributed by atoms with van der Waals surface area (Å²) in [6.07, 6.45) is 2.02. The molecule has 0 rings (SSSR count). The second-order valence-corrected chi connectivity index (χ2v) is 4.75. The molecule has 0 fully saturated rings. The smallest absolute Gasteiger partial charge is 0.305 e. The molecule has 0 aromatic carbocycles. The SMILES string of the molecule is CCOC(=O)CCCNC(=O)CCC(C)(C)N. The molecular weight excluding hydrogens is 220 g/mol. The van der Waals surface area contributed by atoms with Crippen molar-refractivity contribution in [3.8, 4) is 0 Å². The first-order valence-corrected chi connectivity index (χ1v) is 6.06. The molecular formula is C12H24N2O3. The van der Waals surface area contributed by atoms with Gasteiger partial charge < -0.3 is 15.8 Å². The van der Waals surface area contributed by atoms with Crippen molar-refractivity contribution in [2.24, 2.45) is 5.73 Å². The van der Waals surface area contributed by atoms with Crippen LogP contribution < -0.4 is 11.1 Å². The summed E-state index contributed by atoms with van der Waals surface area (Å²) in [4.78, 5) is 22.4. The molecule has 0 radical (unpaired) electrons. The van der Waals surface area contributed by atoms with E-state index < -0.39 is 0 Å². The Morgan fingerprint density at radius 3 is 2.47 bits per heavy atom. The fourth-order valence-corrected chi connectivity index (χ4v) is 1.22. The van der Waals surface area contributed by atoms with E-state index in [4.69, 9.17) is 10.5 Å². The van der Waals surface area contributed by atoms with Gasteiger partial charge in [0.25, 0.3) is 0 Å². The summed E-state index contributed by atoms with van der Waals surface area (Å²) in [6.45, 7) is 6.45. The fraction of sp³-hybridized carbons (Fsp3) is 0.833. The van der Waals surface area contributed by atoms with Gasteiger partial charge in [0.05, 0.1) is 6.61 Å². The van der Waals surface area contributed by atoms with Crippen molar-refractivity contribution in [2.45, 2.75) is 52.0 Å². The lowest BCUT2D eigenvalue weighted by atomic mass is 10.00. The third kappa shape index (κ3) is 11.2. The molecule has 3 N–H and O–H groups in total. The number of esters is 1. The standard InChI is InChI=1S/C12H24N2O3/c1-4-17-11(16)6-5-9-14-10(15)7-8-12(2,3)13/h4-9,13H2,1-3H3,(H,14,15). The normalized spacial score (nSPS) is 11.1. The first-order valence-electron chi connectivity index (χ1n) is 6.06. The predicted molar refractivity (Wildman–Crippen MR) is 66.4 cm³/mol. The zero-order valence-electron chi connectivity index (χ0n) is 11.0. The van der Waals surface area contributed by atoms with E-state index in [1.54, 1.807) is 6.92 Å².